The highest BCUT2D eigenvalue weighted by molar-refractivity contribution is 8.00. The lowest BCUT2D eigenvalue weighted by atomic mass is 9.89. The molecule has 0 radical (unpaired) electrons. The Labute approximate surface area is 213 Å². The van der Waals surface area contributed by atoms with Crippen LogP contribution in [0.1, 0.15) is 28.8 Å². The Bertz CT molecular complexity index is 1360. The number of aromatic nitrogens is 1. The first-order valence-corrected chi connectivity index (χ1v) is 12.7. The Morgan fingerprint density at radius 1 is 1.03 bits per heavy atom. The molecule has 36 heavy (non-hydrogen) atoms. The smallest absolute Gasteiger partial charge is 0.243 e. The number of pyridine rings is 1. The van der Waals surface area contributed by atoms with E-state index in [0.29, 0.717) is 11.3 Å². The molecular formula is C29H25FN2O3S. The van der Waals surface area contributed by atoms with Crippen LogP contribution in [0.25, 0.3) is 11.1 Å². The molecule has 3 aromatic carbocycles. The van der Waals surface area contributed by atoms with Gasteiger partial charge in [-0.2, -0.15) is 0 Å². The van der Waals surface area contributed by atoms with Gasteiger partial charge in [0.1, 0.15) is 16.8 Å². The molecular weight excluding hydrogens is 475 g/mol. The second-order valence-corrected chi connectivity index (χ2v) is 9.98. The number of nitrogens with zero attached hydrogens (tertiary/aromatic N) is 2. The normalized spacial score (nSPS) is 18.1. The fourth-order valence-corrected chi connectivity index (χ4v) is 5.82. The van der Waals surface area contributed by atoms with Gasteiger partial charge in [-0.3, -0.25) is 9.78 Å². The number of phenols is 1. The van der Waals surface area contributed by atoms with Crippen LogP contribution in [0.3, 0.4) is 0 Å². The summed E-state index contributed by atoms with van der Waals surface area (Å²) in [4.78, 5) is 19.3. The molecule has 1 amide bonds. The number of aliphatic hydroxyl groups is 1. The molecule has 7 heteroatoms. The van der Waals surface area contributed by atoms with Gasteiger partial charge < -0.3 is 15.1 Å². The highest BCUT2D eigenvalue weighted by atomic mass is 32.2. The van der Waals surface area contributed by atoms with Gasteiger partial charge in [-0.15, -0.1) is 11.8 Å². The molecule has 2 heterocycles. The van der Waals surface area contributed by atoms with Crippen molar-refractivity contribution < 1.29 is 19.4 Å². The van der Waals surface area contributed by atoms with E-state index < -0.39 is 11.4 Å². The van der Waals surface area contributed by atoms with Gasteiger partial charge in [0.25, 0.3) is 0 Å². The first-order valence-electron chi connectivity index (χ1n) is 11.6. The van der Waals surface area contributed by atoms with Crippen LogP contribution in [0.4, 0.5) is 10.1 Å². The molecule has 5 rings (SSSR count). The van der Waals surface area contributed by atoms with Crippen LogP contribution in [-0.2, 0) is 4.79 Å². The van der Waals surface area contributed by atoms with Gasteiger partial charge in [0.05, 0.1) is 12.1 Å². The molecule has 2 N–H and O–H groups in total. The van der Waals surface area contributed by atoms with E-state index in [1.807, 2.05) is 49.4 Å². The number of aromatic hydroxyl groups is 1. The molecule has 0 saturated carbocycles. The zero-order valence-electron chi connectivity index (χ0n) is 19.6. The van der Waals surface area contributed by atoms with E-state index in [2.05, 4.69) is 4.98 Å². The summed E-state index contributed by atoms with van der Waals surface area (Å²) in [6.45, 7) is 1.91. The number of thioether (sulfide) groups is 1. The van der Waals surface area contributed by atoms with E-state index in [-0.39, 0.29) is 23.5 Å². The maximum Gasteiger partial charge on any atom is 0.243 e. The Balaban J connectivity index is 1.40. The van der Waals surface area contributed by atoms with Gasteiger partial charge in [-0.1, -0.05) is 36.4 Å². The third-order valence-electron chi connectivity index (χ3n) is 6.45. The van der Waals surface area contributed by atoms with E-state index in [4.69, 9.17) is 0 Å². The number of hydrogen-bond donors (Lipinski definition) is 2. The second kappa shape index (κ2) is 10.1. The number of amides is 1. The molecule has 5 nitrogen and oxygen atoms in total. The molecule has 1 aliphatic rings. The predicted molar refractivity (Wildman–Crippen MR) is 140 cm³/mol. The topological polar surface area (TPSA) is 73.7 Å². The van der Waals surface area contributed by atoms with Crippen LogP contribution in [0.2, 0.25) is 0 Å². The number of halogens is 1. The third-order valence-corrected chi connectivity index (χ3v) is 7.77. The van der Waals surface area contributed by atoms with Crippen molar-refractivity contribution in [3.8, 4) is 16.9 Å². The summed E-state index contributed by atoms with van der Waals surface area (Å²) in [5, 5.41) is 20.1. The molecule has 1 aromatic heterocycles. The molecule has 0 aliphatic carbocycles. The van der Waals surface area contributed by atoms with Gasteiger partial charge in [0, 0.05) is 23.8 Å². The highest BCUT2D eigenvalue weighted by Gasteiger charge is 2.49. The van der Waals surface area contributed by atoms with Crippen molar-refractivity contribution in [1.29, 1.82) is 0 Å². The van der Waals surface area contributed by atoms with E-state index >= 15 is 0 Å². The van der Waals surface area contributed by atoms with Crippen molar-refractivity contribution in [2.75, 3.05) is 10.7 Å². The van der Waals surface area contributed by atoms with E-state index in [9.17, 15) is 19.4 Å². The molecule has 182 valence electrons. The zero-order chi connectivity index (χ0) is 25.2. The lowest BCUT2D eigenvalue weighted by molar-refractivity contribution is -0.123. The Kier molecular flexibility index (Phi) is 6.76. The third kappa shape index (κ3) is 4.72. The van der Waals surface area contributed by atoms with Crippen molar-refractivity contribution in [1.82, 2.24) is 4.98 Å². The molecule has 0 bridgehead atoms. The number of hydrogen-bond acceptors (Lipinski definition) is 5. The minimum atomic E-state index is -0.821. The van der Waals surface area contributed by atoms with Crippen LogP contribution in [-0.4, -0.2) is 32.1 Å². The molecule has 3 atom stereocenters. The lowest BCUT2D eigenvalue weighted by Gasteiger charge is -2.47. The summed E-state index contributed by atoms with van der Waals surface area (Å²) >= 11 is 1.39. The largest absolute Gasteiger partial charge is 0.508 e. The Hall–Kier alpha value is -3.68. The summed E-state index contributed by atoms with van der Waals surface area (Å²) in [6, 6.07) is 22.3. The highest BCUT2D eigenvalue weighted by Crippen LogP contribution is 2.47. The van der Waals surface area contributed by atoms with Crippen LogP contribution >= 0.6 is 11.8 Å². The molecule has 1 fully saturated rings. The van der Waals surface area contributed by atoms with Gasteiger partial charge in [0.15, 0.2) is 0 Å². The van der Waals surface area contributed by atoms with Gasteiger partial charge in [-0.05, 0) is 77.2 Å². The molecule has 0 spiro atoms. The van der Waals surface area contributed by atoms with Crippen molar-refractivity contribution in [3.63, 3.8) is 0 Å². The average Bonchev–Trinajstić information content (AvgIpc) is 2.89. The van der Waals surface area contributed by atoms with Crippen molar-refractivity contribution in [2.24, 2.45) is 0 Å². The number of aryl methyl sites for hydroxylation is 1. The van der Waals surface area contributed by atoms with Crippen LogP contribution in [0.5, 0.6) is 5.75 Å². The van der Waals surface area contributed by atoms with Crippen LogP contribution < -0.4 is 4.90 Å². The summed E-state index contributed by atoms with van der Waals surface area (Å²) in [7, 11) is 0. The van der Waals surface area contributed by atoms with Crippen molar-refractivity contribution in [2.45, 2.75) is 24.3 Å². The van der Waals surface area contributed by atoms with E-state index in [1.165, 1.54) is 23.9 Å². The molecule has 4 aromatic rings. The zero-order valence-corrected chi connectivity index (χ0v) is 20.4. The maximum absolute atomic E-state index is 13.4. The standard InChI is InChI=1S/C29H25FN2O3S/c1-18-15-24(33)12-13-25(18)27-28(36-17-26(34)20-4-8-22(30)9-5-20)29(35)32(27)23-10-6-19(7-11-23)21-3-2-14-31-16-21/h2-16,26-28,33-34H,17H2,1H3/t26-,27-,28-/m1/s1. The summed E-state index contributed by atoms with van der Waals surface area (Å²) in [6.07, 6.45) is 2.70. The Morgan fingerprint density at radius 3 is 2.44 bits per heavy atom. The predicted octanol–water partition coefficient (Wildman–Crippen LogP) is 5.83. The first-order chi connectivity index (χ1) is 17.4. The van der Waals surface area contributed by atoms with Gasteiger partial charge >= 0.3 is 0 Å². The maximum atomic E-state index is 13.4. The molecule has 0 unspecified atom stereocenters. The van der Waals surface area contributed by atoms with E-state index in [0.717, 1.165) is 27.9 Å². The first kappa shape index (κ1) is 24.0. The summed E-state index contributed by atoms with van der Waals surface area (Å²) in [5.41, 5.74) is 5.21. The number of carbonyl (C=O) groups is 1. The number of phenolic OH excluding ortho intramolecular Hbond substituents is 1. The number of rotatable bonds is 7. The average molecular weight is 501 g/mol. The van der Waals surface area contributed by atoms with Gasteiger partial charge in [-0.25, -0.2) is 4.39 Å². The van der Waals surface area contributed by atoms with E-state index in [1.54, 1.807) is 41.6 Å². The minimum Gasteiger partial charge on any atom is -0.508 e. The molecule has 1 aliphatic heterocycles. The molecule has 1 saturated heterocycles. The fourth-order valence-electron chi connectivity index (χ4n) is 4.53. The SMILES string of the molecule is Cc1cc(O)ccc1[C@@H]1[C@@H](SC[C@@H](O)c2ccc(F)cc2)C(=O)N1c1ccc(-c2cccnc2)cc1. The number of benzene rings is 3. The fraction of sp³-hybridized carbons (Fsp3) is 0.172. The Morgan fingerprint density at radius 2 is 1.78 bits per heavy atom. The van der Waals surface area contributed by atoms with Gasteiger partial charge in [0.2, 0.25) is 5.91 Å². The monoisotopic (exact) mass is 500 g/mol. The number of aliphatic hydroxyl groups excluding tert-OH is 1. The van der Waals surface area contributed by atoms with Crippen LogP contribution in [0, 0.1) is 12.7 Å². The number of β-lactam (4-membered cyclic amide) rings is 1. The number of carbonyl (C=O) groups excluding carboxylic acids is 1. The quantitative estimate of drug-likeness (QED) is 0.313. The van der Waals surface area contributed by atoms with Crippen molar-refractivity contribution >= 4 is 23.4 Å². The summed E-state index contributed by atoms with van der Waals surface area (Å²) in [5.74, 6) is 0.0626. The number of anilines is 1. The lowest BCUT2D eigenvalue weighted by Crippen LogP contribution is -2.58. The van der Waals surface area contributed by atoms with Crippen LogP contribution in [0.15, 0.2) is 91.3 Å². The second-order valence-electron chi connectivity index (χ2n) is 8.80. The summed E-state index contributed by atoms with van der Waals surface area (Å²) < 4.78 is 13.3. The minimum absolute atomic E-state index is 0.0436. The van der Waals surface area contributed by atoms with Crippen molar-refractivity contribution in [3.05, 3.63) is 114 Å².